The molecular weight excluding hydrogens is 364 g/mol. The molecule has 0 amide bonds. The summed E-state index contributed by atoms with van der Waals surface area (Å²) in [6.45, 7) is 3.60. The number of rotatable bonds is 13. The van der Waals surface area contributed by atoms with Crippen molar-refractivity contribution in [3.63, 3.8) is 0 Å². The smallest absolute Gasteiger partial charge is 0.500 e. The Kier molecular flexibility index (Phi) is 9.25. The molecule has 0 N–H and O–H groups in total. The van der Waals surface area contributed by atoms with E-state index in [1.807, 2.05) is 13.3 Å². The van der Waals surface area contributed by atoms with Crippen molar-refractivity contribution < 1.29 is 30.8 Å². The molecule has 0 unspecified atom stereocenters. The van der Waals surface area contributed by atoms with Gasteiger partial charge in [-0.25, -0.2) is 17.6 Å². The summed E-state index contributed by atoms with van der Waals surface area (Å²) in [6.07, 6.45) is 7.07. The lowest BCUT2D eigenvalue weighted by molar-refractivity contribution is -0.697. The van der Waals surface area contributed by atoms with Crippen LogP contribution in [0.1, 0.15) is 31.4 Å². The minimum absolute atomic E-state index is 0.294. The Morgan fingerprint density at radius 3 is 2.32 bits per heavy atom. The summed E-state index contributed by atoms with van der Waals surface area (Å²) < 4.78 is 52.2. The molecule has 0 atom stereocenters. The van der Waals surface area contributed by atoms with Crippen LogP contribution in [-0.4, -0.2) is 53.4 Å². The minimum Gasteiger partial charge on any atom is -0.748 e. The SMILES string of the molecule is CO[Si](CCCC[n+]1cc(C)n(CCCCS(=O)(=O)[O-])c1)(OC)OC. The number of hydrogen-bond donors (Lipinski definition) is 0. The lowest BCUT2D eigenvalue weighted by Gasteiger charge is -2.23. The Bertz CT molecular complexity index is 607. The Morgan fingerprint density at radius 2 is 1.76 bits per heavy atom. The number of aromatic nitrogens is 2. The molecule has 0 saturated carbocycles. The third-order valence-electron chi connectivity index (χ3n) is 4.22. The summed E-state index contributed by atoms with van der Waals surface area (Å²) in [4.78, 5) is 0. The van der Waals surface area contributed by atoms with Crippen molar-refractivity contribution in [2.24, 2.45) is 0 Å². The summed E-state index contributed by atoms with van der Waals surface area (Å²) in [7, 11) is -1.74. The van der Waals surface area contributed by atoms with Gasteiger partial charge in [-0.05, 0) is 25.7 Å². The Morgan fingerprint density at radius 1 is 1.12 bits per heavy atom. The van der Waals surface area contributed by atoms with Gasteiger partial charge in [-0.15, -0.1) is 0 Å². The van der Waals surface area contributed by atoms with Gasteiger partial charge in [-0.2, -0.15) is 0 Å². The lowest BCUT2D eigenvalue weighted by Crippen LogP contribution is -2.42. The molecule has 0 aliphatic rings. The molecule has 0 spiro atoms. The van der Waals surface area contributed by atoms with Gasteiger partial charge in [0.15, 0.2) is 0 Å². The fourth-order valence-corrected chi connectivity index (χ4v) is 5.08. The number of imidazole rings is 1. The van der Waals surface area contributed by atoms with Crippen molar-refractivity contribution in [3.8, 4) is 0 Å². The zero-order valence-corrected chi connectivity index (χ0v) is 17.4. The molecule has 0 bridgehead atoms. The molecule has 8 nitrogen and oxygen atoms in total. The van der Waals surface area contributed by atoms with E-state index in [1.165, 1.54) is 0 Å². The molecule has 1 heterocycles. The van der Waals surface area contributed by atoms with Crippen LogP contribution >= 0.6 is 0 Å². The zero-order valence-electron chi connectivity index (χ0n) is 15.6. The van der Waals surface area contributed by atoms with E-state index in [4.69, 9.17) is 13.3 Å². The maximum absolute atomic E-state index is 10.6. The van der Waals surface area contributed by atoms with Crippen LogP contribution in [0.5, 0.6) is 0 Å². The largest absolute Gasteiger partial charge is 0.748 e. The van der Waals surface area contributed by atoms with Crippen LogP contribution in [0.4, 0.5) is 0 Å². The zero-order chi connectivity index (χ0) is 18.9. The maximum Gasteiger partial charge on any atom is 0.500 e. The number of nitrogens with zero attached hydrogens (tertiary/aromatic N) is 2. The fourth-order valence-electron chi connectivity index (χ4n) is 2.73. The minimum atomic E-state index is -4.11. The van der Waals surface area contributed by atoms with E-state index in [0.29, 0.717) is 19.4 Å². The highest BCUT2D eigenvalue weighted by atomic mass is 32.2. The molecule has 0 aliphatic carbocycles. The van der Waals surface area contributed by atoms with Crippen LogP contribution in [-0.2, 0) is 36.5 Å². The standard InChI is InChI=1S/C15H30N2O6SSi/c1-15-13-16(9-6-8-12-25(21-2,22-3)23-4)14-17(15)10-5-7-11-24(18,19)20/h13-14H,5-12H2,1-4H3. The molecule has 1 aromatic heterocycles. The van der Waals surface area contributed by atoms with Crippen molar-refractivity contribution in [3.05, 3.63) is 18.2 Å². The molecule has 146 valence electrons. The van der Waals surface area contributed by atoms with Gasteiger partial charge in [0.2, 0.25) is 6.33 Å². The highest BCUT2D eigenvalue weighted by Crippen LogP contribution is 2.16. The van der Waals surface area contributed by atoms with Gasteiger partial charge >= 0.3 is 8.80 Å². The van der Waals surface area contributed by atoms with E-state index < -0.39 is 18.9 Å². The van der Waals surface area contributed by atoms with Crippen LogP contribution in [0.3, 0.4) is 0 Å². The van der Waals surface area contributed by atoms with Gasteiger partial charge in [0.1, 0.15) is 11.9 Å². The van der Waals surface area contributed by atoms with E-state index in [0.717, 1.165) is 31.1 Å². The first-order valence-electron chi connectivity index (χ1n) is 8.40. The van der Waals surface area contributed by atoms with Crippen molar-refractivity contribution in [1.82, 2.24) is 4.57 Å². The summed E-state index contributed by atoms with van der Waals surface area (Å²) in [6, 6.07) is 0.778. The van der Waals surface area contributed by atoms with E-state index in [-0.39, 0.29) is 5.75 Å². The van der Waals surface area contributed by atoms with Crippen molar-refractivity contribution >= 4 is 18.9 Å². The molecule has 0 radical (unpaired) electrons. The first-order chi connectivity index (χ1) is 11.7. The second-order valence-corrected chi connectivity index (χ2v) is 10.7. The second kappa shape index (κ2) is 10.4. The molecule has 1 aromatic rings. The van der Waals surface area contributed by atoms with Crippen molar-refractivity contribution in [1.29, 1.82) is 0 Å². The van der Waals surface area contributed by atoms with Crippen LogP contribution in [0.15, 0.2) is 12.5 Å². The van der Waals surface area contributed by atoms with Crippen molar-refractivity contribution in [2.75, 3.05) is 27.1 Å². The molecule has 0 aromatic carbocycles. The van der Waals surface area contributed by atoms with Crippen LogP contribution in [0, 0.1) is 6.92 Å². The molecule has 25 heavy (non-hydrogen) atoms. The van der Waals surface area contributed by atoms with Crippen LogP contribution in [0.25, 0.3) is 0 Å². The molecule has 1 rings (SSSR count). The lowest BCUT2D eigenvalue weighted by atomic mass is 10.3. The molecule has 0 fully saturated rings. The molecule has 0 saturated heterocycles. The molecule has 10 heteroatoms. The van der Waals surface area contributed by atoms with E-state index >= 15 is 0 Å². The summed E-state index contributed by atoms with van der Waals surface area (Å²) in [5.41, 5.74) is 1.11. The number of hydrogen-bond acceptors (Lipinski definition) is 6. The van der Waals surface area contributed by atoms with E-state index in [9.17, 15) is 13.0 Å². The highest BCUT2D eigenvalue weighted by molar-refractivity contribution is 7.85. The summed E-state index contributed by atoms with van der Waals surface area (Å²) >= 11 is 0. The normalized spacial score (nSPS) is 12.7. The van der Waals surface area contributed by atoms with Gasteiger partial charge in [0, 0.05) is 40.1 Å². The number of unbranched alkanes of at least 4 members (excludes halogenated alkanes) is 2. The fraction of sp³-hybridized carbons (Fsp3) is 0.800. The average molecular weight is 395 g/mol. The number of aryl methyl sites for hydroxylation is 3. The van der Waals surface area contributed by atoms with E-state index in [1.54, 1.807) is 21.3 Å². The van der Waals surface area contributed by atoms with E-state index in [2.05, 4.69) is 15.3 Å². The first kappa shape index (κ1) is 22.3. The maximum atomic E-state index is 10.6. The van der Waals surface area contributed by atoms with Gasteiger partial charge in [0.25, 0.3) is 0 Å². The van der Waals surface area contributed by atoms with Gasteiger partial charge in [-0.3, -0.25) is 0 Å². The average Bonchev–Trinajstić information content (AvgIpc) is 2.91. The molecule has 0 aliphatic heterocycles. The Balaban J connectivity index is 2.38. The van der Waals surface area contributed by atoms with Crippen molar-refractivity contribution in [2.45, 2.75) is 51.7 Å². The van der Waals surface area contributed by atoms with Crippen LogP contribution in [0.2, 0.25) is 6.04 Å². The summed E-state index contributed by atoms with van der Waals surface area (Å²) in [5.74, 6) is -0.294. The Labute approximate surface area is 151 Å². The van der Waals surface area contributed by atoms with Gasteiger partial charge < -0.3 is 17.8 Å². The predicted molar refractivity (Wildman–Crippen MR) is 94.0 cm³/mol. The van der Waals surface area contributed by atoms with Crippen LogP contribution < -0.4 is 4.57 Å². The van der Waals surface area contributed by atoms with Gasteiger partial charge in [0.05, 0.1) is 23.2 Å². The monoisotopic (exact) mass is 394 g/mol. The topological polar surface area (TPSA) is 93.7 Å². The second-order valence-electron chi connectivity index (χ2n) is 6.04. The molecular formula is C15H30N2O6SSi. The summed E-state index contributed by atoms with van der Waals surface area (Å²) in [5, 5.41) is 0. The third-order valence-corrected chi connectivity index (χ3v) is 7.84. The highest BCUT2D eigenvalue weighted by Gasteiger charge is 2.36. The first-order valence-corrected chi connectivity index (χ1v) is 11.9. The van der Waals surface area contributed by atoms with Gasteiger partial charge in [-0.1, -0.05) is 0 Å². The third kappa shape index (κ3) is 7.97. The quantitative estimate of drug-likeness (QED) is 0.215. The predicted octanol–water partition coefficient (Wildman–Crippen LogP) is 1.07. The Hall–Kier alpha value is -0.783.